The van der Waals surface area contributed by atoms with Crippen molar-refractivity contribution in [2.45, 2.75) is 12.8 Å². The number of ether oxygens (including phenoxy) is 3. The molecule has 1 aliphatic rings. The molecule has 0 spiro atoms. The van der Waals surface area contributed by atoms with Crippen LogP contribution >= 0.6 is 24.0 Å². The van der Waals surface area contributed by atoms with Crippen molar-refractivity contribution in [1.29, 1.82) is 0 Å². The number of hydrogen-bond acceptors (Lipinski definition) is 5. The molecule has 8 heteroatoms. The Kier molecular flexibility index (Phi) is 11.4. The zero-order chi connectivity index (χ0) is 21.9. The fourth-order valence-electron chi connectivity index (χ4n) is 3.65. The average Bonchev–Trinajstić information content (AvgIpc) is 3.29. The van der Waals surface area contributed by atoms with E-state index in [-0.39, 0.29) is 24.0 Å². The van der Waals surface area contributed by atoms with Gasteiger partial charge in [-0.25, -0.2) is 0 Å². The van der Waals surface area contributed by atoms with Crippen molar-refractivity contribution in [3.05, 3.63) is 48.5 Å². The van der Waals surface area contributed by atoms with Gasteiger partial charge in [0.05, 0.1) is 13.7 Å². The number of halogens is 1. The van der Waals surface area contributed by atoms with E-state index in [1.165, 1.54) is 5.69 Å². The SMILES string of the molecule is CN=C(NCC1CCN(c2cccc(OC)c2)C1)Nc1cccc(OCCCOC)c1.I. The summed E-state index contributed by atoms with van der Waals surface area (Å²) in [7, 11) is 5.19. The maximum Gasteiger partial charge on any atom is 0.195 e. The molecule has 176 valence electrons. The Morgan fingerprint density at radius 1 is 1.09 bits per heavy atom. The highest BCUT2D eigenvalue weighted by Crippen LogP contribution is 2.26. The van der Waals surface area contributed by atoms with Crippen LogP contribution < -0.4 is 25.0 Å². The van der Waals surface area contributed by atoms with Gasteiger partial charge in [-0.05, 0) is 36.6 Å². The number of methoxy groups -OCH3 is 2. The zero-order valence-corrected chi connectivity index (χ0v) is 21.5. The number of nitrogens with one attached hydrogen (secondary N) is 2. The fourth-order valence-corrected chi connectivity index (χ4v) is 3.65. The van der Waals surface area contributed by atoms with E-state index in [1.54, 1.807) is 21.3 Å². The monoisotopic (exact) mass is 554 g/mol. The van der Waals surface area contributed by atoms with Crippen molar-refractivity contribution >= 4 is 41.3 Å². The molecule has 0 aliphatic carbocycles. The molecule has 32 heavy (non-hydrogen) atoms. The molecule has 0 bridgehead atoms. The molecule has 1 atom stereocenters. The molecule has 3 rings (SSSR count). The van der Waals surface area contributed by atoms with Crippen molar-refractivity contribution in [3.8, 4) is 11.5 Å². The Morgan fingerprint density at radius 3 is 2.69 bits per heavy atom. The molecular formula is C24H35IN4O3. The van der Waals surface area contributed by atoms with Crippen LogP contribution in [0.1, 0.15) is 12.8 Å². The predicted molar refractivity (Wildman–Crippen MR) is 142 cm³/mol. The highest BCUT2D eigenvalue weighted by atomic mass is 127. The molecule has 0 saturated carbocycles. The molecule has 2 aromatic rings. The molecule has 0 radical (unpaired) electrons. The summed E-state index contributed by atoms with van der Waals surface area (Å²) in [6.45, 7) is 4.27. The minimum Gasteiger partial charge on any atom is -0.497 e. The van der Waals surface area contributed by atoms with E-state index in [2.05, 4.69) is 32.7 Å². The van der Waals surface area contributed by atoms with Crippen molar-refractivity contribution in [3.63, 3.8) is 0 Å². The van der Waals surface area contributed by atoms with Crippen LogP contribution in [0.5, 0.6) is 11.5 Å². The van der Waals surface area contributed by atoms with Crippen LogP contribution in [0.4, 0.5) is 11.4 Å². The first kappa shape index (κ1) is 26.1. The Morgan fingerprint density at radius 2 is 1.91 bits per heavy atom. The fraction of sp³-hybridized carbons (Fsp3) is 0.458. The topological polar surface area (TPSA) is 67.4 Å². The molecule has 2 aromatic carbocycles. The number of aliphatic imine (C=N–C) groups is 1. The summed E-state index contributed by atoms with van der Waals surface area (Å²) in [6.07, 6.45) is 2.01. The minimum absolute atomic E-state index is 0. The van der Waals surface area contributed by atoms with Crippen LogP contribution in [-0.2, 0) is 4.74 Å². The lowest BCUT2D eigenvalue weighted by molar-refractivity contribution is 0.172. The van der Waals surface area contributed by atoms with Gasteiger partial charge in [-0.1, -0.05) is 12.1 Å². The van der Waals surface area contributed by atoms with E-state index in [1.807, 2.05) is 36.4 Å². The lowest BCUT2D eigenvalue weighted by Gasteiger charge is -2.20. The summed E-state index contributed by atoms with van der Waals surface area (Å²) in [5.74, 6) is 3.05. The maximum absolute atomic E-state index is 5.78. The summed E-state index contributed by atoms with van der Waals surface area (Å²) in [5, 5.41) is 6.82. The van der Waals surface area contributed by atoms with Gasteiger partial charge in [0, 0.05) is 70.3 Å². The first-order valence-electron chi connectivity index (χ1n) is 10.8. The van der Waals surface area contributed by atoms with E-state index >= 15 is 0 Å². The minimum atomic E-state index is 0. The number of hydrogen-bond donors (Lipinski definition) is 2. The second-order valence-electron chi connectivity index (χ2n) is 7.60. The quantitative estimate of drug-likeness (QED) is 0.198. The van der Waals surface area contributed by atoms with Crippen LogP contribution in [0.3, 0.4) is 0 Å². The van der Waals surface area contributed by atoms with Gasteiger partial charge in [0.25, 0.3) is 0 Å². The van der Waals surface area contributed by atoms with E-state index in [9.17, 15) is 0 Å². The standard InChI is InChI=1S/C24H34N4O3.HI/c1-25-24(27-20-7-4-10-23(15-20)31-14-6-13-29-2)26-17-19-11-12-28(18-19)21-8-5-9-22(16-21)30-3;/h4-5,7-10,15-16,19H,6,11-14,17-18H2,1-3H3,(H2,25,26,27);1H. The largest absolute Gasteiger partial charge is 0.497 e. The van der Waals surface area contributed by atoms with Crippen molar-refractivity contribution in [2.24, 2.45) is 10.9 Å². The van der Waals surface area contributed by atoms with Gasteiger partial charge < -0.3 is 29.7 Å². The van der Waals surface area contributed by atoms with Crippen molar-refractivity contribution < 1.29 is 14.2 Å². The highest BCUT2D eigenvalue weighted by Gasteiger charge is 2.23. The van der Waals surface area contributed by atoms with E-state index in [0.29, 0.717) is 19.1 Å². The third-order valence-corrected chi connectivity index (χ3v) is 5.34. The smallest absolute Gasteiger partial charge is 0.195 e. The van der Waals surface area contributed by atoms with Gasteiger partial charge in [0.15, 0.2) is 5.96 Å². The van der Waals surface area contributed by atoms with Gasteiger partial charge in [-0.3, -0.25) is 4.99 Å². The van der Waals surface area contributed by atoms with Crippen LogP contribution in [0, 0.1) is 5.92 Å². The Labute approximate surface area is 208 Å². The third-order valence-electron chi connectivity index (χ3n) is 5.34. The average molecular weight is 554 g/mol. The van der Waals surface area contributed by atoms with E-state index in [0.717, 1.165) is 55.6 Å². The predicted octanol–water partition coefficient (Wildman–Crippen LogP) is 4.24. The van der Waals surface area contributed by atoms with Crippen LogP contribution in [0.15, 0.2) is 53.5 Å². The van der Waals surface area contributed by atoms with Crippen LogP contribution in [-0.4, -0.2) is 60.1 Å². The Balaban J connectivity index is 0.00000363. The van der Waals surface area contributed by atoms with E-state index < -0.39 is 0 Å². The molecule has 7 nitrogen and oxygen atoms in total. The van der Waals surface area contributed by atoms with Gasteiger partial charge in [-0.15, -0.1) is 24.0 Å². The number of guanidine groups is 1. The van der Waals surface area contributed by atoms with Crippen LogP contribution in [0.25, 0.3) is 0 Å². The van der Waals surface area contributed by atoms with Gasteiger partial charge in [0.2, 0.25) is 0 Å². The highest BCUT2D eigenvalue weighted by molar-refractivity contribution is 14.0. The van der Waals surface area contributed by atoms with Gasteiger partial charge in [0.1, 0.15) is 11.5 Å². The van der Waals surface area contributed by atoms with Gasteiger partial charge >= 0.3 is 0 Å². The molecule has 0 aromatic heterocycles. The molecule has 0 amide bonds. The van der Waals surface area contributed by atoms with Crippen molar-refractivity contribution in [1.82, 2.24) is 5.32 Å². The summed E-state index contributed by atoms with van der Waals surface area (Å²) in [5.41, 5.74) is 2.16. The molecule has 1 unspecified atom stereocenters. The first-order valence-corrected chi connectivity index (χ1v) is 10.8. The normalized spacial score (nSPS) is 15.8. The summed E-state index contributed by atoms with van der Waals surface area (Å²) < 4.78 is 16.2. The lowest BCUT2D eigenvalue weighted by Crippen LogP contribution is -2.35. The molecular weight excluding hydrogens is 519 g/mol. The molecule has 1 saturated heterocycles. The van der Waals surface area contributed by atoms with Crippen LogP contribution in [0.2, 0.25) is 0 Å². The maximum atomic E-state index is 5.78. The number of anilines is 2. The zero-order valence-electron chi connectivity index (χ0n) is 19.2. The molecule has 1 heterocycles. The first-order chi connectivity index (χ1) is 15.2. The lowest BCUT2D eigenvalue weighted by atomic mass is 10.1. The molecule has 2 N–H and O–H groups in total. The summed E-state index contributed by atoms with van der Waals surface area (Å²) >= 11 is 0. The Hall–Kier alpha value is -2.20. The second kappa shape index (κ2) is 14.1. The number of benzene rings is 2. The number of nitrogens with zero attached hydrogens (tertiary/aromatic N) is 2. The summed E-state index contributed by atoms with van der Waals surface area (Å²) in [6, 6.07) is 16.2. The Bertz CT molecular complexity index is 849. The number of rotatable bonds is 10. The van der Waals surface area contributed by atoms with E-state index in [4.69, 9.17) is 14.2 Å². The summed E-state index contributed by atoms with van der Waals surface area (Å²) in [4.78, 5) is 6.78. The van der Waals surface area contributed by atoms with Gasteiger partial charge in [-0.2, -0.15) is 0 Å². The molecule has 1 aliphatic heterocycles. The van der Waals surface area contributed by atoms with Crippen molar-refractivity contribution in [2.75, 3.05) is 64.3 Å². The molecule has 1 fully saturated rings. The second-order valence-corrected chi connectivity index (χ2v) is 7.60. The third kappa shape index (κ3) is 8.05.